The molecule has 0 spiro atoms. The van der Waals surface area contributed by atoms with Gasteiger partial charge in [-0.3, -0.25) is 14.9 Å². The van der Waals surface area contributed by atoms with Crippen LogP contribution in [0.1, 0.15) is 10.5 Å². The predicted molar refractivity (Wildman–Crippen MR) is 55.6 cm³/mol. The monoisotopic (exact) mass is 217 g/mol. The molecule has 16 heavy (non-hydrogen) atoms. The second kappa shape index (κ2) is 3.93. The van der Waals surface area contributed by atoms with Crippen LogP contribution in [0.4, 0.5) is 5.69 Å². The lowest BCUT2D eigenvalue weighted by Gasteiger charge is -2.01. The third-order valence-electron chi connectivity index (χ3n) is 2.10. The maximum Gasteiger partial charge on any atom is 0.318 e. The summed E-state index contributed by atoms with van der Waals surface area (Å²) in [5, 5.41) is 14.4. The number of nitrogens with zero attached hydrogens (tertiary/aromatic N) is 3. The van der Waals surface area contributed by atoms with E-state index in [1.807, 2.05) is 6.07 Å². The number of hydrogen-bond acceptors (Lipinski definition) is 4. The lowest BCUT2D eigenvalue weighted by molar-refractivity contribution is -0.385. The zero-order chi connectivity index (χ0) is 11.5. The number of carbonyl (C=O) groups excluding carboxylic acids is 1. The third kappa shape index (κ3) is 1.56. The molecule has 2 rings (SSSR count). The Labute approximate surface area is 90.3 Å². The van der Waals surface area contributed by atoms with Gasteiger partial charge in [0, 0.05) is 0 Å². The number of benzene rings is 1. The zero-order valence-electron chi connectivity index (χ0n) is 8.11. The number of aromatic nitrogens is 2. The Morgan fingerprint density at radius 3 is 2.56 bits per heavy atom. The zero-order valence-corrected chi connectivity index (χ0v) is 8.11. The molecule has 0 aliphatic carbocycles. The Morgan fingerprint density at radius 2 is 2.00 bits per heavy atom. The average molecular weight is 217 g/mol. The largest absolute Gasteiger partial charge is 0.318 e. The highest BCUT2D eigenvalue weighted by Crippen LogP contribution is 2.19. The van der Waals surface area contributed by atoms with E-state index >= 15 is 0 Å². The van der Waals surface area contributed by atoms with Crippen LogP contribution >= 0.6 is 0 Å². The van der Waals surface area contributed by atoms with E-state index < -0.39 is 4.92 Å². The summed E-state index contributed by atoms with van der Waals surface area (Å²) in [6.45, 7) is 0. The topological polar surface area (TPSA) is 78.0 Å². The number of para-hydroxylation sites is 1. The molecular formula is C10H7N3O3. The van der Waals surface area contributed by atoms with E-state index in [4.69, 9.17) is 0 Å². The van der Waals surface area contributed by atoms with Crippen molar-refractivity contribution in [3.8, 4) is 5.69 Å². The van der Waals surface area contributed by atoms with Gasteiger partial charge in [-0.05, 0) is 12.1 Å². The van der Waals surface area contributed by atoms with Crippen LogP contribution in [-0.2, 0) is 0 Å². The second-order valence-electron chi connectivity index (χ2n) is 3.04. The van der Waals surface area contributed by atoms with Crippen molar-refractivity contribution in [2.24, 2.45) is 0 Å². The van der Waals surface area contributed by atoms with Crippen molar-refractivity contribution < 1.29 is 9.72 Å². The van der Waals surface area contributed by atoms with E-state index in [-0.39, 0.29) is 11.4 Å². The van der Waals surface area contributed by atoms with E-state index in [2.05, 4.69) is 5.10 Å². The van der Waals surface area contributed by atoms with Gasteiger partial charge in [-0.25, -0.2) is 4.68 Å². The quantitative estimate of drug-likeness (QED) is 0.444. The Kier molecular flexibility index (Phi) is 2.47. The van der Waals surface area contributed by atoms with Crippen molar-refractivity contribution in [2.75, 3.05) is 0 Å². The second-order valence-corrected chi connectivity index (χ2v) is 3.04. The van der Waals surface area contributed by atoms with Gasteiger partial charge in [0.05, 0.1) is 10.6 Å². The van der Waals surface area contributed by atoms with Gasteiger partial charge in [0.15, 0.2) is 12.0 Å². The molecule has 80 valence electrons. The molecule has 6 heteroatoms. The summed E-state index contributed by atoms with van der Waals surface area (Å²) in [5.74, 6) is 0. The van der Waals surface area contributed by atoms with Crippen LogP contribution in [0.15, 0.2) is 36.5 Å². The van der Waals surface area contributed by atoms with E-state index in [0.29, 0.717) is 12.0 Å². The number of rotatable bonds is 3. The van der Waals surface area contributed by atoms with Crippen LogP contribution in [0.2, 0.25) is 0 Å². The predicted octanol–water partition coefficient (Wildman–Crippen LogP) is 1.59. The smallest absolute Gasteiger partial charge is 0.296 e. The molecule has 0 atom stereocenters. The lowest BCUT2D eigenvalue weighted by atomic mass is 10.3. The number of aldehydes is 1. The first-order chi connectivity index (χ1) is 7.74. The van der Waals surface area contributed by atoms with E-state index in [0.717, 1.165) is 6.20 Å². The summed E-state index contributed by atoms with van der Waals surface area (Å²) in [4.78, 5) is 20.8. The molecular weight excluding hydrogens is 210 g/mol. The Balaban J connectivity index is 2.59. The minimum absolute atomic E-state index is 0.0591. The molecule has 0 aliphatic rings. The summed E-state index contributed by atoms with van der Waals surface area (Å²) in [6.07, 6.45) is 1.49. The van der Waals surface area contributed by atoms with Crippen molar-refractivity contribution in [1.29, 1.82) is 0 Å². The minimum atomic E-state index is -0.629. The number of carbonyl (C=O) groups is 1. The van der Waals surface area contributed by atoms with Crippen LogP contribution in [0.25, 0.3) is 5.69 Å². The fourth-order valence-corrected chi connectivity index (χ4v) is 1.38. The standard InChI is InChI=1S/C10H7N3O3/c14-7-10-9(13(15)16)6-11-12(10)8-4-2-1-3-5-8/h1-7H. The summed E-state index contributed by atoms with van der Waals surface area (Å²) < 4.78 is 1.24. The summed E-state index contributed by atoms with van der Waals surface area (Å²) in [7, 11) is 0. The lowest BCUT2D eigenvalue weighted by Crippen LogP contribution is -2.02. The maximum absolute atomic E-state index is 10.8. The van der Waals surface area contributed by atoms with Crippen LogP contribution in [0.5, 0.6) is 0 Å². The van der Waals surface area contributed by atoms with E-state index in [1.165, 1.54) is 4.68 Å². The van der Waals surface area contributed by atoms with Crippen LogP contribution in [0, 0.1) is 10.1 Å². The molecule has 0 saturated heterocycles. The summed E-state index contributed by atoms with van der Waals surface area (Å²) in [6, 6.07) is 8.75. The van der Waals surface area contributed by atoms with Crippen molar-refractivity contribution in [3.05, 3.63) is 52.3 Å². The Bertz CT molecular complexity index is 533. The summed E-state index contributed by atoms with van der Waals surface area (Å²) in [5.41, 5.74) is 0.257. The van der Waals surface area contributed by atoms with Gasteiger partial charge in [0.25, 0.3) is 0 Å². The Morgan fingerprint density at radius 1 is 1.31 bits per heavy atom. The van der Waals surface area contributed by atoms with Crippen LogP contribution in [0.3, 0.4) is 0 Å². The van der Waals surface area contributed by atoms with Gasteiger partial charge < -0.3 is 0 Å². The van der Waals surface area contributed by atoms with E-state index in [1.54, 1.807) is 24.3 Å². The molecule has 1 aromatic heterocycles. The van der Waals surface area contributed by atoms with Gasteiger partial charge in [-0.15, -0.1) is 0 Å². The number of nitro groups is 1. The van der Waals surface area contributed by atoms with Crippen molar-refractivity contribution in [3.63, 3.8) is 0 Å². The third-order valence-corrected chi connectivity index (χ3v) is 2.10. The first-order valence-electron chi connectivity index (χ1n) is 4.47. The fraction of sp³-hybridized carbons (Fsp3) is 0. The summed E-state index contributed by atoms with van der Waals surface area (Å²) >= 11 is 0. The minimum Gasteiger partial charge on any atom is -0.296 e. The molecule has 0 N–H and O–H groups in total. The first-order valence-corrected chi connectivity index (χ1v) is 4.47. The molecule has 1 aromatic carbocycles. The molecule has 0 saturated carbocycles. The molecule has 1 heterocycles. The maximum atomic E-state index is 10.8. The molecule has 0 amide bonds. The highest BCUT2D eigenvalue weighted by molar-refractivity contribution is 5.79. The normalized spacial score (nSPS) is 10.0. The first kappa shape index (κ1) is 10.0. The van der Waals surface area contributed by atoms with Gasteiger partial charge >= 0.3 is 5.69 Å². The van der Waals surface area contributed by atoms with Crippen molar-refractivity contribution in [2.45, 2.75) is 0 Å². The highest BCUT2D eigenvalue weighted by Gasteiger charge is 2.20. The van der Waals surface area contributed by atoms with Crippen molar-refractivity contribution >= 4 is 12.0 Å². The molecule has 0 aliphatic heterocycles. The Hall–Kier alpha value is -2.50. The van der Waals surface area contributed by atoms with Gasteiger partial charge in [0.1, 0.15) is 6.20 Å². The fourth-order valence-electron chi connectivity index (χ4n) is 1.38. The number of hydrogen-bond donors (Lipinski definition) is 0. The molecule has 0 radical (unpaired) electrons. The van der Waals surface area contributed by atoms with Gasteiger partial charge in [0.2, 0.25) is 0 Å². The van der Waals surface area contributed by atoms with Gasteiger partial charge in [-0.2, -0.15) is 5.10 Å². The molecule has 0 unspecified atom stereocenters. The SMILES string of the molecule is O=Cc1c([N+](=O)[O-])cnn1-c1ccccc1. The molecule has 0 bridgehead atoms. The molecule has 2 aromatic rings. The molecule has 0 fully saturated rings. The van der Waals surface area contributed by atoms with Crippen LogP contribution in [-0.4, -0.2) is 21.0 Å². The average Bonchev–Trinajstić information content (AvgIpc) is 2.73. The highest BCUT2D eigenvalue weighted by atomic mass is 16.6. The van der Waals surface area contributed by atoms with Gasteiger partial charge in [-0.1, -0.05) is 18.2 Å². The van der Waals surface area contributed by atoms with Crippen molar-refractivity contribution in [1.82, 2.24) is 9.78 Å². The van der Waals surface area contributed by atoms with E-state index in [9.17, 15) is 14.9 Å². The molecule has 6 nitrogen and oxygen atoms in total. The van der Waals surface area contributed by atoms with Crippen LogP contribution < -0.4 is 0 Å².